The summed E-state index contributed by atoms with van der Waals surface area (Å²) in [6, 6.07) is 15.7. The number of aromatic nitrogens is 2. The molecular weight excluding hydrogens is 212 g/mol. The Morgan fingerprint density at radius 1 is 0.941 bits per heavy atom. The molecule has 2 aromatic carbocycles. The average molecular weight is 222 g/mol. The van der Waals surface area contributed by atoms with Crippen LogP contribution in [0.5, 0.6) is 0 Å². The Morgan fingerprint density at radius 3 is 2.59 bits per heavy atom. The fraction of sp³-hybridized carbons (Fsp3) is 0. The molecule has 0 fully saturated rings. The molecule has 1 N–H and O–H groups in total. The number of hydrogen-bond acceptors (Lipinski definition) is 2. The minimum absolute atomic E-state index is 0.102. The zero-order valence-corrected chi connectivity index (χ0v) is 9.05. The van der Waals surface area contributed by atoms with Gasteiger partial charge in [-0.1, -0.05) is 36.4 Å². The molecule has 0 saturated carbocycles. The predicted molar refractivity (Wildman–Crippen MR) is 67.8 cm³/mol. The maximum absolute atomic E-state index is 11.5. The molecule has 0 bridgehead atoms. The lowest BCUT2D eigenvalue weighted by atomic mass is 10.0. The molecule has 17 heavy (non-hydrogen) atoms. The van der Waals surface area contributed by atoms with E-state index in [2.05, 4.69) is 9.97 Å². The Morgan fingerprint density at radius 2 is 1.76 bits per heavy atom. The first-order valence-electron chi connectivity index (χ1n) is 5.37. The quantitative estimate of drug-likeness (QED) is 0.687. The van der Waals surface area contributed by atoms with Crippen LogP contribution in [0.25, 0.3) is 22.0 Å². The van der Waals surface area contributed by atoms with Gasteiger partial charge in [0.25, 0.3) is 5.56 Å². The van der Waals surface area contributed by atoms with Crippen molar-refractivity contribution in [3.05, 3.63) is 65.2 Å². The summed E-state index contributed by atoms with van der Waals surface area (Å²) >= 11 is 0. The summed E-state index contributed by atoms with van der Waals surface area (Å²) in [6.45, 7) is 0. The molecule has 1 heterocycles. The molecule has 3 aromatic rings. The van der Waals surface area contributed by atoms with E-state index < -0.39 is 0 Å². The zero-order chi connectivity index (χ0) is 11.7. The second-order valence-corrected chi connectivity index (χ2v) is 3.83. The van der Waals surface area contributed by atoms with Crippen LogP contribution >= 0.6 is 0 Å². The highest BCUT2D eigenvalue weighted by Gasteiger charge is 2.02. The molecule has 0 unspecified atom stereocenters. The average Bonchev–Trinajstić information content (AvgIpc) is 2.40. The normalized spacial score (nSPS) is 10.6. The van der Waals surface area contributed by atoms with E-state index in [9.17, 15) is 4.79 Å². The van der Waals surface area contributed by atoms with Crippen LogP contribution in [-0.2, 0) is 0 Å². The highest BCUT2D eigenvalue weighted by atomic mass is 16.1. The van der Waals surface area contributed by atoms with Crippen LogP contribution in [0.15, 0.2) is 59.7 Å². The van der Waals surface area contributed by atoms with Crippen LogP contribution in [0, 0.1) is 0 Å². The molecule has 3 rings (SSSR count). The van der Waals surface area contributed by atoms with E-state index in [1.165, 1.54) is 6.33 Å². The fourth-order valence-corrected chi connectivity index (χ4v) is 1.88. The van der Waals surface area contributed by atoms with Crippen LogP contribution in [0.3, 0.4) is 0 Å². The molecule has 0 aliphatic carbocycles. The Labute approximate surface area is 97.8 Å². The van der Waals surface area contributed by atoms with Crippen molar-refractivity contribution in [2.75, 3.05) is 0 Å². The Kier molecular flexibility index (Phi) is 2.22. The van der Waals surface area contributed by atoms with E-state index in [0.29, 0.717) is 5.39 Å². The van der Waals surface area contributed by atoms with Gasteiger partial charge in [0.05, 0.1) is 17.2 Å². The third-order valence-electron chi connectivity index (χ3n) is 2.75. The minimum Gasteiger partial charge on any atom is -0.313 e. The number of fused-ring (bicyclic) bond motifs is 1. The highest BCUT2D eigenvalue weighted by Crippen LogP contribution is 2.21. The van der Waals surface area contributed by atoms with Gasteiger partial charge in [-0.25, -0.2) is 4.98 Å². The van der Waals surface area contributed by atoms with Crippen molar-refractivity contribution in [1.82, 2.24) is 9.97 Å². The first kappa shape index (κ1) is 9.78. The summed E-state index contributed by atoms with van der Waals surface area (Å²) < 4.78 is 0. The van der Waals surface area contributed by atoms with Crippen molar-refractivity contribution in [2.45, 2.75) is 0 Å². The molecule has 82 valence electrons. The zero-order valence-electron chi connectivity index (χ0n) is 9.05. The standard InChI is InChI=1S/C14H10N2O/c17-14-12-7-6-11(8-13(12)15-9-16-14)10-4-2-1-3-5-10/h1-9H,(H,15,16,17). The number of rotatable bonds is 1. The van der Waals surface area contributed by atoms with Gasteiger partial charge >= 0.3 is 0 Å². The third kappa shape index (κ3) is 1.72. The highest BCUT2D eigenvalue weighted by molar-refractivity contribution is 5.83. The maximum atomic E-state index is 11.5. The van der Waals surface area contributed by atoms with Gasteiger partial charge < -0.3 is 4.98 Å². The molecule has 0 aliphatic rings. The number of H-pyrrole nitrogens is 1. The largest absolute Gasteiger partial charge is 0.313 e. The van der Waals surface area contributed by atoms with E-state index in [4.69, 9.17) is 0 Å². The number of aromatic amines is 1. The number of nitrogens with one attached hydrogen (secondary N) is 1. The van der Waals surface area contributed by atoms with Crippen molar-refractivity contribution in [2.24, 2.45) is 0 Å². The van der Waals surface area contributed by atoms with Crippen LogP contribution in [0.1, 0.15) is 0 Å². The van der Waals surface area contributed by atoms with Gasteiger partial charge in [0.1, 0.15) is 0 Å². The number of nitrogens with zero attached hydrogens (tertiary/aromatic N) is 1. The maximum Gasteiger partial charge on any atom is 0.258 e. The van der Waals surface area contributed by atoms with E-state index in [0.717, 1.165) is 16.6 Å². The van der Waals surface area contributed by atoms with Crippen molar-refractivity contribution in [3.63, 3.8) is 0 Å². The summed E-state index contributed by atoms with van der Waals surface area (Å²) in [4.78, 5) is 18.3. The topological polar surface area (TPSA) is 45.8 Å². The van der Waals surface area contributed by atoms with E-state index in [1.807, 2.05) is 48.5 Å². The van der Waals surface area contributed by atoms with Gasteiger partial charge in [0.15, 0.2) is 0 Å². The lowest BCUT2D eigenvalue weighted by Gasteiger charge is -2.02. The Balaban J connectivity index is 2.25. The monoisotopic (exact) mass is 222 g/mol. The minimum atomic E-state index is -0.102. The molecule has 0 spiro atoms. The van der Waals surface area contributed by atoms with Gasteiger partial charge in [0, 0.05) is 0 Å². The molecule has 0 radical (unpaired) electrons. The first-order valence-corrected chi connectivity index (χ1v) is 5.37. The summed E-state index contributed by atoms with van der Waals surface area (Å²) in [6.07, 6.45) is 1.43. The van der Waals surface area contributed by atoms with E-state index in [1.54, 1.807) is 0 Å². The number of hydrogen-bond donors (Lipinski definition) is 1. The SMILES string of the molecule is O=c1[nH]cnc2cc(-c3ccccc3)ccc12. The molecule has 0 atom stereocenters. The van der Waals surface area contributed by atoms with Gasteiger partial charge in [-0.15, -0.1) is 0 Å². The van der Waals surface area contributed by atoms with E-state index >= 15 is 0 Å². The first-order chi connectivity index (χ1) is 8.34. The van der Waals surface area contributed by atoms with Crippen LogP contribution < -0.4 is 5.56 Å². The summed E-state index contributed by atoms with van der Waals surface area (Å²) in [5.41, 5.74) is 2.80. The molecular formula is C14H10N2O. The summed E-state index contributed by atoms with van der Waals surface area (Å²) in [5.74, 6) is 0. The smallest absolute Gasteiger partial charge is 0.258 e. The lowest BCUT2D eigenvalue weighted by molar-refractivity contribution is 1.17. The molecule has 0 aliphatic heterocycles. The second kappa shape index (κ2) is 3.87. The molecule has 3 heteroatoms. The molecule has 1 aromatic heterocycles. The van der Waals surface area contributed by atoms with Crippen molar-refractivity contribution in [3.8, 4) is 11.1 Å². The third-order valence-corrected chi connectivity index (χ3v) is 2.75. The van der Waals surface area contributed by atoms with Crippen molar-refractivity contribution >= 4 is 10.9 Å². The van der Waals surface area contributed by atoms with E-state index in [-0.39, 0.29) is 5.56 Å². The van der Waals surface area contributed by atoms with Crippen LogP contribution in [-0.4, -0.2) is 9.97 Å². The molecule has 0 saturated heterocycles. The predicted octanol–water partition coefficient (Wildman–Crippen LogP) is 2.59. The fourth-order valence-electron chi connectivity index (χ4n) is 1.88. The molecule has 3 nitrogen and oxygen atoms in total. The van der Waals surface area contributed by atoms with Crippen molar-refractivity contribution < 1.29 is 0 Å². The van der Waals surface area contributed by atoms with Gasteiger partial charge in [-0.05, 0) is 23.3 Å². The second-order valence-electron chi connectivity index (χ2n) is 3.83. The Hall–Kier alpha value is -2.42. The van der Waals surface area contributed by atoms with Gasteiger partial charge in [-0.2, -0.15) is 0 Å². The summed E-state index contributed by atoms with van der Waals surface area (Å²) in [7, 11) is 0. The van der Waals surface area contributed by atoms with Gasteiger partial charge in [0.2, 0.25) is 0 Å². The number of benzene rings is 2. The Bertz CT molecular complexity index is 717. The lowest BCUT2D eigenvalue weighted by Crippen LogP contribution is -2.05. The van der Waals surface area contributed by atoms with Gasteiger partial charge in [-0.3, -0.25) is 4.79 Å². The molecule has 0 amide bonds. The van der Waals surface area contributed by atoms with Crippen molar-refractivity contribution in [1.29, 1.82) is 0 Å². The van der Waals surface area contributed by atoms with Crippen LogP contribution in [0.2, 0.25) is 0 Å². The van der Waals surface area contributed by atoms with Crippen LogP contribution in [0.4, 0.5) is 0 Å². The summed E-state index contributed by atoms with van der Waals surface area (Å²) in [5, 5.41) is 0.618.